The van der Waals surface area contributed by atoms with Crippen LogP contribution in [0, 0.1) is 0 Å². The minimum Gasteiger partial charge on any atom is -0.389 e. The molecule has 0 saturated carbocycles. The Morgan fingerprint density at radius 1 is 1.90 bits per heavy atom. The molecule has 0 aromatic heterocycles. The SMILES string of the molecule is C=C=CNOCC(O)CN. The zero-order chi connectivity index (χ0) is 7.82. The van der Waals surface area contributed by atoms with Gasteiger partial charge in [0.2, 0.25) is 0 Å². The lowest BCUT2D eigenvalue weighted by Gasteiger charge is -2.06. The molecule has 1 unspecified atom stereocenters. The van der Waals surface area contributed by atoms with Gasteiger partial charge in [-0.3, -0.25) is 10.3 Å². The molecule has 4 nitrogen and oxygen atoms in total. The fraction of sp³-hybridized carbons (Fsp3) is 0.500. The maximum absolute atomic E-state index is 8.82. The summed E-state index contributed by atoms with van der Waals surface area (Å²) < 4.78 is 0. The minimum atomic E-state index is -0.620. The molecule has 0 aromatic rings. The number of aliphatic hydroxyl groups is 1. The van der Waals surface area contributed by atoms with Crippen LogP contribution in [0.3, 0.4) is 0 Å². The standard InChI is InChI=1S/C6H12N2O2/c1-2-3-8-10-5-6(9)4-7/h3,6,8-9H,1,4-5,7H2. The van der Waals surface area contributed by atoms with Gasteiger partial charge in [-0.25, -0.2) is 0 Å². The van der Waals surface area contributed by atoms with Crippen molar-refractivity contribution in [2.75, 3.05) is 13.2 Å². The Balaban J connectivity index is 3.10. The molecule has 0 aromatic carbocycles. The third-order valence-corrected chi connectivity index (χ3v) is 0.792. The van der Waals surface area contributed by atoms with E-state index in [1.807, 2.05) is 0 Å². The summed E-state index contributed by atoms with van der Waals surface area (Å²) in [4.78, 5) is 4.69. The topological polar surface area (TPSA) is 67.5 Å². The Hall–Kier alpha value is -0.800. The second kappa shape index (κ2) is 6.32. The van der Waals surface area contributed by atoms with Crippen LogP contribution in [0.2, 0.25) is 0 Å². The van der Waals surface area contributed by atoms with Crippen molar-refractivity contribution in [3.05, 3.63) is 18.5 Å². The van der Waals surface area contributed by atoms with Crippen LogP contribution in [0.25, 0.3) is 0 Å². The van der Waals surface area contributed by atoms with E-state index < -0.39 is 6.10 Å². The van der Waals surface area contributed by atoms with Crippen molar-refractivity contribution in [3.63, 3.8) is 0 Å². The van der Waals surface area contributed by atoms with Crippen LogP contribution in [0.1, 0.15) is 0 Å². The van der Waals surface area contributed by atoms with Crippen molar-refractivity contribution < 1.29 is 9.94 Å². The van der Waals surface area contributed by atoms with Crippen molar-refractivity contribution in [2.45, 2.75) is 6.10 Å². The molecule has 0 saturated heterocycles. The van der Waals surface area contributed by atoms with E-state index in [1.165, 1.54) is 6.20 Å². The highest BCUT2D eigenvalue weighted by Crippen LogP contribution is 1.77. The average Bonchev–Trinajstić information content (AvgIpc) is 1.98. The first-order valence-corrected chi connectivity index (χ1v) is 2.91. The summed E-state index contributed by atoms with van der Waals surface area (Å²) in [5.41, 5.74) is 9.91. The molecule has 58 valence electrons. The van der Waals surface area contributed by atoms with Crippen molar-refractivity contribution in [2.24, 2.45) is 5.73 Å². The number of nitrogens with two attached hydrogens (primary N) is 1. The number of hydrogen-bond donors (Lipinski definition) is 3. The van der Waals surface area contributed by atoms with Crippen LogP contribution in [0.5, 0.6) is 0 Å². The van der Waals surface area contributed by atoms with Crippen LogP contribution >= 0.6 is 0 Å². The van der Waals surface area contributed by atoms with Gasteiger partial charge < -0.3 is 10.8 Å². The lowest BCUT2D eigenvalue weighted by molar-refractivity contribution is 0.00313. The van der Waals surface area contributed by atoms with E-state index in [9.17, 15) is 0 Å². The van der Waals surface area contributed by atoms with Crippen LogP contribution < -0.4 is 11.2 Å². The highest BCUT2D eigenvalue weighted by Gasteiger charge is 1.98. The van der Waals surface area contributed by atoms with Crippen molar-refractivity contribution in [1.29, 1.82) is 0 Å². The van der Waals surface area contributed by atoms with Gasteiger partial charge >= 0.3 is 0 Å². The van der Waals surface area contributed by atoms with Crippen molar-refractivity contribution in [3.8, 4) is 0 Å². The first-order valence-electron chi connectivity index (χ1n) is 2.91. The molecule has 1 atom stereocenters. The summed E-state index contributed by atoms with van der Waals surface area (Å²) in [7, 11) is 0. The Labute approximate surface area is 59.9 Å². The predicted octanol–water partition coefficient (Wildman–Crippen LogP) is -0.874. The zero-order valence-corrected chi connectivity index (χ0v) is 5.71. The number of hydroxylamine groups is 1. The first-order chi connectivity index (χ1) is 4.81. The molecule has 0 aliphatic heterocycles. The summed E-state index contributed by atoms with van der Waals surface area (Å²) in [5.74, 6) is 0. The maximum atomic E-state index is 8.82. The Kier molecular flexibility index (Phi) is 5.82. The van der Waals surface area contributed by atoms with Crippen LogP contribution in [0.4, 0.5) is 0 Å². The molecule has 0 amide bonds. The summed E-state index contributed by atoms with van der Waals surface area (Å²) in [6.45, 7) is 3.64. The van der Waals surface area contributed by atoms with E-state index in [0.717, 1.165) is 0 Å². The summed E-state index contributed by atoms with van der Waals surface area (Å²) >= 11 is 0. The smallest absolute Gasteiger partial charge is 0.102 e. The van der Waals surface area contributed by atoms with Gasteiger partial charge in [-0.05, 0) is 0 Å². The summed E-state index contributed by atoms with van der Waals surface area (Å²) in [6.07, 6.45) is 0.772. The number of rotatable bonds is 5. The monoisotopic (exact) mass is 144 g/mol. The van der Waals surface area contributed by atoms with Gasteiger partial charge in [0.15, 0.2) is 0 Å². The second-order valence-corrected chi connectivity index (χ2v) is 1.67. The van der Waals surface area contributed by atoms with Gasteiger partial charge in [0.05, 0.1) is 12.3 Å². The number of nitrogens with one attached hydrogen (secondary N) is 1. The molecule has 0 rings (SSSR count). The Morgan fingerprint density at radius 2 is 2.60 bits per heavy atom. The fourth-order valence-electron chi connectivity index (χ4n) is 0.296. The molecule has 0 aliphatic rings. The lowest BCUT2D eigenvalue weighted by atomic mass is 10.4. The third kappa shape index (κ3) is 5.34. The molecule has 4 N–H and O–H groups in total. The molecule has 0 aliphatic carbocycles. The molecule has 0 radical (unpaired) electrons. The van der Waals surface area contributed by atoms with Gasteiger partial charge in [-0.2, -0.15) is 0 Å². The van der Waals surface area contributed by atoms with E-state index >= 15 is 0 Å². The maximum Gasteiger partial charge on any atom is 0.102 e. The quantitative estimate of drug-likeness (QED) is 0.266. The highest BCUT2D eigenvalue weighted by atomic mass is 16.6. The van der Waals surface area contributed by atoms with E-state index in [4.69, 9.17) is 10.8 Å². The fourth-order valence-corrected chi connectivity index (χ4v) is 0.296. The molecule has 0 heterocycles. The molecule has 0 fully saturated rings. The number of hydrogen-bond acceptors (Lipinski definition) is 4. The molecule has 0 bridgehead atoms. The van der Waals surface area contributed by atoms with E-state index in [1.54, 1.807) is 0 Å². The molecular formula is C6H12N2O2. The van der Waals surface area contributed by atoms with E-state index in [0.29, 0.717) is 0 Å². The highest BCUT2D eigenvalue weighted by molar-refractivity contribution is 4.68. The normalized spacial score (nSPS) is 11.8. The predicted molar refractivity (Wildman–Crippen MR) is 37.9 cm³/mol. The van der Waals surface area contributed by atoms with E-state index in [-0.39, 0.29) is 13.2 Å². The number of aliphatic hydroxyl groups excluding tert-OH is 1. The van der Waals surface area contributed by atoms with Gasteiger partial charge in [0.25, 0.3) is 0 Å². The first kappa shape index (κ1) is 9.20. The van der Waals surface area contributed by atoms with Gasteiger partial charge in [-0.15, -0.1) is 5.73 Å². The lowest BCUT2D eigenvalue weighted by Crippen LogP contribution is -2.27. The Morgan fingerprint density at radius 3 is 3.10 bits per heavy atom. The summed E-state index contributed by atoms with van der Waals surface area (Å²) in [6, 6.07) is 0. The third-order valence-electron chi connectivity index (χ3n) is 0.792. The minimum absolute atomic E-state index is 0.161. The van der Waals surface area contributed by atoms with Crippen LogP contribution in [0.15, 0.2) is 18.5 Å². The van der Waals surface area contributed by atoms with Gasteiger partial charge in [-0.1, -0.05) is 6.58 Å². The molecule has 10 heavy (non-hydrogen) atoms. The van der Waals surface area contributed by atoms with E-state index in [2.05, 4.69) is 22.6 Å². The second-order valence-electron chi connectivity index (χ2n) is 1.67. The van der Waals surface area contributed by atoms with Gasteiger partial charge in [0.1, 0.15) is 6.61 Å². The van der Waals surface area contributed by atoms with Crippen molar-refractivity contribution in [1.82, 2.24) is 5.48 Å². The largest absolute Gasteiger partial charge is 0.389 e. The molecular weight excluding hydrogens is 132 g/mol. The average molecular weight is 144 g/mol. The van der Waals surface area contributed by atoms with Crippen LogP contribution in [-0.2, 0) is 4.84 Å². The summed E-state index contributed by atoms with van der Waals surface area (Å²) in [5, 5.41) is 8.82. The van der Waals surface area contributed by atoms with Crippen LogP contribution in [-0.4, -0.2) is 24.4 Å². The molecule has 0 spiro atoms. The zero-order valence-electron chi connectivity index (χ0n) is 5.71. The van der Waals surface area contributed by atoms with Gasteiger partial charge in [0, 0.05) is 6.54 Å². The molecule has 4 heteroatoms. The van der Waals surface area contributed by atoms with Crippen molar-refractivity contribution >= 4 is 0 Å². The Bertz CT molecular complexity index is 121.